The van der Waals surface area contributed by atoms with Crippen molar-refractivity contribution in [2.24, 2.45) is 0 Å². The van der Waals surface area contributed by atoms with Gasteiger partial charge in [0, 0.05) is 23.3 Å². The third-order valence-electron chi connectivity index (χ3n) is 4.72. The molecule has 1 N–H and O–H groups in total. The summed E-state index contributed by atoms with van der Waals surface area (Å²) in [5, 5.41) is 3.35. The number of nitrogens with one attached hydrogen (secondary N) is 1. The van der Waals surface area contributed by atoms with Crippen LogP contribution in [0.5, 0.6) is 0 Å². The average Bonchev–Trinajstić information content (AvgIpc) is 3.29. The van der Waals surface area contributed by atoms with Crippen molar-refractivity contribution >= 4 is 28.5 Å². The van der Waals surface area contributed by atoms with Gasteiger partial charge in [0.2, 0.25) is 5.91 Å². The lowest BCUT2D eigenvalue weighted by molar-refractivity contribution is -0.122. The first-order valence-corrected chi connectivity index (χ1v) is 9.91. The van der Waals surface area contributed by atoms with Gasteiger partial charge in [0.25, 0.3) is 5.56 Å². The van der Waals surface area contributed by atoms with Gasteiger partial charge in [-0.25, -0.2) is 14.8 Å². The lowest BCUT2D eigenvalue weighted by Crippen LogP contribution is -2.44. The van der Waals surface area contributed by atoms with Gasteiger partial charge in [-0.3, -0.25) is 18.7 Å². The summed E-state index contributed by atoms with van der Waals surface area (Å²) >= 11 is 5.93. The number of hydrogen-bond acceptors (Lipinski definition) is 6. The van der Waals surface area contributed by atoms with Gasteiger partial charge in [0.1, 0.15) is 17.7 Å². The molecule has 0 unspecified atom stereocenters. The Balaban J connectivity index is 1.71. The Hall–Kier alpha value is -3.72. The summed E-state index contributed by atoms with van der Waals surface area (Å²) in [6, 6.07) is 10.3. The quantitative estimate of drug-likeness (QED) is 0.493. The molecule has 0 aliphatic rings. The Morgan fingerprint density at radius 2 is 1.94 bits per heavy atom. The molecule has 0 atom stereocenters. The summed E-state index contributed by atoms with van der Waals surface area (Å²) in [6.45, 7) is 1.76. The van der Waals surface area contributed by atoms with Crippen molar-refractivity contribution in [3.63, 3.8) is 0 Å². The molecule has 0 fully saturated rings. The van der Waals surface area contributed by atoms with E-state index in [9.17, 15) is 14.4 Å². The normalized spacial score (nSPS) is 11.0. The maximum absolute atomic E-state index is 12.9. The first-order chi connectivity index (χ1) is 15.0. The van der Waals surface area contributed by atoms with E-state index in [1.807, 2.05) is 0 Å². The summed E-state index contributed by atoms with van der Waals surface area (Å²) in [5.41, 5.74) is -0.331. The summed E-state index contributed by atoms with van der Waals surface area (Å²) < 4.78 is 7.39. The van der Waals surface area contributed by atoms with Gasteiger partial charge in [-0.05, 0) is 43.3 Å². The second-order valence-corrected chi connectivity index (χ2v) is 7.15. The van der Waals surface area contributed by atoms with E-state index in [1.165, 1.54) is 17.0 Å². The number of amides is 1. The second kappa shape index (κ2) is 8.57. The van der Waals surface area contributed by atoms with E-state index in [-0.39, 0.29) is 24.1 Å². The van der Waals surface area contributed by atoms with Crippen LogP contribution in [0, 0.1) is 0 Å². The third-order valence-corrected chi connectivity index (χ3v) is 4.97. The van der Waals surface area contributed by atoms with Crippen molar-refractivity contribution in [1.82, 2.24) is 24.4 Å². The molecular weight excluding hydrogens is 422 g/mol. The van der Waals surface area contributed by atoms with Crippen LogP contribution in [-0.2, 0) is 24.4 Å². The zero-order valence-electron chi connectivity index (χ0n) is 16.5. The highest BCUT2D eigenvalue weighted by Gasteiger charge is 2.17. The number of hydrogen-bond donors (Lipinski definition) is 1. The SMILES string of the molecule is CCn1c(=O)n(CC(=O)NCc2ccco2)c(=O)c2cnc(-c3ccc(Cl)cc3)nc21. The van der Waals surface area contributed by atoms with Crippen LogP contribution in [0.4, 0.5) is 0 Å². The maximum Gasteiger partial charge on any atom is 0.333 e. The highest BCUT2D eigenvalue weighted by Crippen LogP contribution is 2.19. The van der Waals surface area contributed by atoms with E-state index in [4.69, 9.17) is 16.0 Å². The Labute approximate surface area is 180 Å². The fourth-order valence-electron chi connectivity index (χ4n) is 3.16. The van der Waals surface area contributed by atoms with Crippen LogP contribution in [0.2, 0.25) is 5.02 Å². The van der Waals surface area contributed by atoms with E-state index in [0.717, 1.165) is 4.57 Å². The predicted molar refractivity (Wildman–Crippen MR) is 115 cm³/mol. The third kappa shape index (κ3) is 4.13. The summed E-state index contributed by atoms with van der Waals surface area (Å²) in [4.78, 5) is 46.9. The monoisotopic (exact) mass is 439 g/mol. The fourth-order valence-corrected chi connectivity index (χ4v) is 3.28. The predicted octanol–water partition coefficient (Wildman–Crippen LogP) is 2.20. The molecule has 4 rings (SSSR count). The van der Waals surface area contributed by atoms with Gasteiger partial charge in [-0.15, -0.1) is 0 Å². The zero-order chi connectivity index (χ0) is 22.0. The van der Waals surface area contributed by atoms with Crippen molar-refractivity contribution in [2.75, 3.05) is 0 Å². The molecule has 0 aliphatic heterocycles. The van der Waals surface area contributed by atoms with Crippen LogP contribution in [-0.4, -0.2) is 25.0 Å². The molecule has 0 saturated heterocycles. The number of fused-ring (bicyclic) bond motifs is 1. The molecule has 4 aromatic rings. The minimum absolute atomic E-state index is 0.151. The van der Waals surface area contributed by atoms with Crippen LogP contribution in [0.25, 0.3) is 22.4 Å². The van der Waals surface area contributed by atoms with Crippen LogP contribution in [0.15, 0.2) is 62.9 Å². The van der Waals surface area contributed by atoms with Gasteiger partial charge in [-0.1, -0.05) is 11.6 Å². The van der Waals surface area contributed by atoms with Crippen LogP contribution >= 0.6 is 11.6 Å². The lowest BCUT2D eigenvalue weighted by Gasteiger charge is -2.12. The molecule has 0 radical (unpaired) electrons. The summed E-state index contributed by atoms with van der Waals surface area (Å²) in [6.07, 6.45) is 2.87. The number of aryl methyl sites for hydroxylation is 1. The molecule has 3 aromatic heterocycles. The Kier molecular flexibility index (Phi) is 5.68. The summed E-state index contributed by atoms with van der Waals surface area (Å²) in [7, 11) is 0. The molecule has 10 heteroatoms. The number of aromatic nitrogens is 4. The minimum Gasteiger partial charge on any atom is -0.467 e. The van der Waals surface area contributed by atoms with E-state index in [1.54, 1.807) is 43.3 Å². The standard InChI is InChI=1S/C21H18ClN5O4/c1-2-26-19-16(11-24-18(25-19)13-5-7-14(22)8-6-13)20(29)27(21(26)30)12-17(28)23-10-15-4-3-9-31-15/h3-9,11H,2,10,12H2,1H3,(H,23,28). The van der Waals surface area contributed by atoms with Crippen LogP contribution in [0.1, 0.15) is 12.7 Å². The molecule has 1 aromatic carbocycles. The lowest BCUT2D eigenvalue weighted by atomic mass is 10.2. The topological polar surface area (TPSA) is 112 Å². The number of carbonyl (C=O) groups is 1. The number of carbonyl (C=O) groups excluding carboxylic acids is 1. The minimum atomic E-state index is -0.625. The van der Waals surface area contributed by atoms with Gasteiger partial charge in [0.05, 0.1) is 12.8 Å². The van der Waals surface area contributed by atoms with Crippen molar-refractivity contribution in [3.05, 3.63) is 80.5 Å². The van der Waals surface area contributed by atoms with Crippen LogP contribution < -0.4 is 16.6 Å². The average molecular weight is 440 g/mol. The molecule has 0 spiro atoms. The molecule has 158 valence electrons. The Morgan fingerprint density at radius 1 is 1.16 bits per heavy atom. The van der Waals surface area contributed by atoms with Gasteiger partial charge < -0.3 is 9.73 Å². The number of nitrogens with zero attached hydrogens (tertiary/aromatic N) is 4. The van der Waals surface area contributed by atoms with Gasteiger partial charge in [-0.2, -0.15) is 0 Å². The molecule has 31 heavy (non-hydrogen) atoms. The number of rotatable bonds is 6. The fraction of sp³-hybridized carbons (Fsp3) is 0.190. The maximum atomic E-state index is 12.9. The second-order valence-electron chi connectivity index (χ2n) is 6.71. The first-order valence-electron chi connectivity index (χ1n) is 9.53. The smallest absolute Gasteiger partial charge is 0.333 e. The number of furan rings is 1. The van der Waals surface area contributed by atoms with Gasteiger partial charge >= 0.3 is 5.69 Å². The number of benzene rings is 1. The van der Waals surface area contributed by atoms with E-state index >= 15 is 0 Å². The Bertz CT molecular complexity index is 1360. The van der Waals surface area contributed by atoms with Crippen molar-refractivity contribution in [1.29, 1.82) is 0 Å². The van der Waals surface area contributed by atoms with E-state index in [2.05, 4.69) is 15.3 Å². The van der Waals surface area contributed by atoms with Crippen molar-refractivity contribution in [2.45, 2.75) is 26.6 Å². The summed E-state index contributed by atoms with van der Waals surface area (Å²) in [5.74, 6) is 0.434. The molecule has 0 saturated carbocycles. The first kappa shape index (κ1) is 20.5. The van der Waals surface area contributed by atoms with Gasteiger partial charge in [0.15, 0.2) is 11.5 Å². The van der Waals surface area contributed by atoms with Crippen LogP contribution in [0.3, 0.4) is 0 Å². The molecule has 0 bridgehead atoms. The highest BCUT2D eigenvalue weighted by atomic mass is 35.5. The largest absolute Gasteiger partial charge is 0.467 e. The molecule has 0 aliphatic carbocycles. The zero-order valence-corrected chi connectivity index (χ0v) is 17.3. The highest BCUT2D eigenvalue weighted by molar-refractivity contribution is 6.30. The molecular formula is C21H18ClN5O4. The van der Waals surface area contributed by atoms with Crippen molar-refractivity contribution in [3.8, 4) is 11.4 Å². The van der Waals surface area contributed by atoms with E-state index in [0.29, 0.717) is 22.2 Å². The molecule has 1 amide bonds. The number of halogens is 1. The Morgan fingerprint density at radius 3 is 2.61 bits per heavy atom. The molecule has 9 nitrogen and oxygen atoms in total. The van der Waals surface area contributed by atoms with Crippen molar-refractivity contribution < 1.29 is 9.21 Å². The van der Waals surface area contributed by atoms with E-state index < -0.39 is 23.7 Å². The molecule has 3 heterocycles.